The number of amides is 1. The number of nitrogens with zero attached hydrogens (tertiary/aromatic N) is 1. The zero-order chi connectivity index (χ0) is 25.0. The van der Waals surface area contributed by atoms with Gasteiger partial charge in [0.05, 0.1) is 22.2 Å². The minimum atomic E-state index is -4.12. The first kappa shape index (κ1) is 23.5. The van der Waals surface area contributed by atoms with E-state index in [-0.39, 0.29) is 27.6 Å². The molecule has 0 aliphatic rings. The van der Waals surface area contributed by atoms with Crippen molar-refractivity contribution in [1.82, 2.24) is 0 Å². The van der Waals surface area contributed by atoms with Crippen molar-refractivity contribution in [3.63, 3.8) is 0 Å². The zero-order valence-corrected chi connectivity index (χ0v) is 18.9. The number of rotatable bonds is 6. The van der Waals surface area contributed by atoms with E-state index in [0.717, 1.165) is 29.8 Å². The summed E-state index contributed by atoms with van der Waals surface area (Å²) in [5.74, 6) is -1.49. The molecule has 1 amide bonds. The monoisotopic (exact) mass is 487 g/mol. The Hall–Kier alpha value is -4.68. The lowest BCUT2D eigenvalue weighted by Crippen LogP contribution is -2.15. The summed E-state index contributed by atoms with van der Waals surface area (Å²) in [5.41, 5.74) is 2.10. The third-order valence-corrected chi connectivity index (χ3v) is 6.49. The van der Waals surface area contributed by atoms with Gasteiger partial charge in [-0.15, -0.1) is 0 Å². The van der Waals surface area contributed by atoms with Crippen LogP contribution < -0.4 is 10.0 Å². The molecule has 3 N–H and O–H groups in total. The van der Waals surface area contributed by atoms with Crippen LogP contribution in [0, 0.1) is 17.1 Å². The predicted molar refractivity (Wildman–Crippen MR) is 130 cm³/mol. The van der Waals surface area contributed by atoms with Gasteiger partial charge >= 0.3 is 0 Å². The summed E-state index contributed by atoms with van der Waals surface area (Å²) >= 11 is 0. The molecule has 0 aliphatic carbocycles. The first-order valence-corrected chi connectivity index (χ1v) is 11.8. The number of phenolic OH excluding ortho intramolecular Hbond substituents is 1. The fraction of sp³-hybridized carbons (Fsp3) is 0. The summed E-state index contributed by atoms with van der Waals surface area (Å²) in [7, 11) is -4.12. The van der Waals surface area contributed by atoms with Gasteiger partial charge in [0, 0.05) is 11.3 Å². The van der Waals surface area contributed by atoms with Crippen LogP contribution in [0.5, 0.6) is 5.75 Å². The number of nitriles is 1. The van der Waals surface area contributed by atoms with Crippen LogP contribution in [-0.4, -0.2) is 19.4 Å². The van der Waals surface area contributed by atoms with Crippen LogP contribution in [-0.2, 0) is 10.0 Å². The first-order chi connectivity index (χ1) is 16.8. The highest BCUT2D eigenvalue weighted by Gasteiger charge is 2.18. The Labute approximate surface area is 201 Å². The van der Waals surface area contributed by atoms with E-state index in [2.05, 4.69) is 16.1 Å². The number of anilines is 2. The van der Waals surface area contributed by atoms with Gasteiger partial charge in [-0.3, -0.25) is 9.52 Å². The van der Waals surface area contributed by atoms with Gasteiger partial charge in [-0.2, -0.15) is 5.26 Å². The van der Waals surface area contributed by atoms with Gasteiger partial charge in [-0.25, -0.2) is 12.8 Å². The summed E-state index contributed by atoms with van der Waals surface area (Å²) in [6, 6.07) is 24.2. The number of hydrogen-bond donors (Lipinski definition) is 3. The molecule has 0 atom stereocenters. The molecule has 35 heavy (non-hydrogen) atoms. The maximum Gasteiger partial charge on any atom is 0.262 e. The molecular formula is C26H18FN3O4S. The second-order valence-electron chi connectivity index (χ2n) is 7.48. The number of phenols is 1. The van der Waals surface area contributed by atoms with Gasteiger partial charge in [-0.05, 0) is 65.7 Å². The highest BCUT2D eigenvalue weighted by molar-refractivity contribution is 7.92. The summed E-state index contributed by atoms with van der Waals surface area (Å²) in [6.45, 7) is 0. The third kappa shape index (κ3) is 5.29. The number of halogens is 1. The average molecular weight is 488 g/mol. The second kappa shape index (κ2) is 9.67. The van der Waals surface area contributed by atoms with Crippen molar-refractivity contribution >= 4 is 27.3 Å². The van der Waals surface area contributed by atoms with Crippen LogP contribution in [0.25, 0.3) is 11.1 Å². The van der Waals surface area contributed by atoms with Gasteiger partial charge in [0.2, 0.25) is 0 Å². The summed E-state index contributed by atoms with van der Waals surface area (Å²) < 4.78 is 40.5. The van der Waals surface area contributed by atoms with E-state index in [1.165, 1.54) is 24.3 Å². The highest BCUT2D eigenvalue weighted by Crippen LogP contribution is 2.30. The van der Waals surface area contributed by atoms with Gasteiger partial charge in [0.15, 0.2) is 0 Å². The van der Waals surface area contributed by atoms with Crippen molar-refractivity contribution < 1.29 is 22.7 Å². The van der Waals surface area contributed by atoms with Crippen LogP contribution in [0.15, 0.2) is 95.9 Å². The Morgan fingerprint density at radius 1 is 0.914 bits per heavy atom. The standard InChI is InChI=1S/C26H18FN3O4S/c27-20-7-10-22(11-8-20)35(33,34)30-24-15-21(9-13-25(24)31)29-26(32)18-6-12-23(19(14-18)16-28)17-4-2-1-3-5-17/h1-15,30-31H,(H,29,32). The fourth-order valence-electron chi connectivity index (χ4n) is 3.36. The molecule has 0 heterocycles. The summed E-state index contributed by atoms with van der Waals surface area (Å²) in [4.78, 5) is 12.6. The molecule has 0 unspecified atom stereocenters. The van der Waals surface area contributed by atoms with E-state index in [4.69, 9.17) is 0 Å². The second-order valence-corrected chi connectivity index (χ2v) is 9.17. The van der Waals surface area contributed by atoms with Crippen molar-refractivity contribution in [3.8, 4) is 22.9 Å². The Kier molecular flexibility index (Phi) is 6.48. The average Bonchev–Trinajstić information content (AvgIpc) is 2.86. The van der Waals surface area contributed by atoms with E-state index < -0.39 is 21.7 Å². The van der Waals surface area contributed by atoms with Crippen molar-refractivity contribution in [2.75, 3.05) is 10.0 Å². The summed E-state index contributed by atoms with van der Waals surface area (Å²) in [5, 5.41) is 22.3. The number of hydrogen-bond acceptors (Lipinski definition) is 5. The molecular weight excluding hydrogens is 469 g/mol. The van der Waals surface area contributed by atoms with Crippen molar-refractivity contribution in [3.05, 3.63) is 108 Å². The van der Waals surface area contributed by atoms with Crippen molar-refractivity contribution in [2.45, 2.75) is 4.90 Å². The number of aromatic hydroxyl groups is 1. The van der Waals surface area contributed by atoms with Gasteiger partial charge in [0.25, 0.3) is 15.9 Å². The summed E-state index contributed by atoms with van der Waals surface area (Å²) in [6.07, 6.45) is 0. The molecule has 7 nitrogen and oxygen atoms in total. The van der Waals surface area contributed by atoms with Crippen molar-refractivity contribution in [2.24, 2.45) is 0 Å². The molecule has 0 spiro atoms. The van der Waals surface area contributed by atoms with Crippen LogP contribution in [0.2, 0.25) is 0 Å². The molecule has 0 saturated heterocycles. The lowest BCUT2D eigenvalue weighted by atomic mass is 9.98. The number of benzene rings is 4. The van der Waals surface area contributed by atoms with Crippen molar-refractivity contribution in [1.29, 1.82) is 5.26 Å². The molecule has 0 fully saturated rings. The van der Waals surface area contributed by atoms with E-state index in [0.29, 0.717) is 11.1 Å². The molecule has 9 heteroatoms. The van der Waals surface area contributed by atoms with Gasteiger partial charge < -0.3 is 10.4 Å². The SMILES string of the molecule is N#Cc1cc(C(=O)Nc2ccc(O)c(NS(=O)(=O)c3ccc(F)cc3)c2)ccc1-c1ccccc1. The number of nitrogens with one attached hydrogen (secondary N) is 2. The lowest BCUT2D eigenvalue weighted by molar-refractivity contribution is 0.102. The largest absolute Gasteiger partial charge is 0.506 e. The van der Waals surface area contributed by atoms with E-state index >= 15 is 0 Å². The van der Waals surface area contributed by atoms with Crippen LogP contribution in [0.3, 0.4) is 0 Å². The van der Waals surface area contributed by atoms with Gasteiger partial charge in [-0.1, -0.05) is 36.4 Å². The number of carbonyl (C=O) groups excluding carboxylic acids is 1. The number of carbonyl (C=O) groups is 1. The molecule has 4 aromatic carbocycles. The Bertz CT molecular complexity index is 1550. The van der Waals surface area contributed by atoms with Crippen LogP contribution in [0.1, 0.15) is 15.9 Å². The Morgan fingerprint density at radius 2 is 1.63 bits per heavy atom. The maximum atomic E-state index is 13.1. The molecule has 0 radical (unpaired) electrons. The van der Waals surface area contributed by atoms with E-state index in [9.17, 15) is 28.0 Å². The minimum absolute atomic E-state index is 0.177. The predicted octanol–water partition coefficient (Wildman–Crippen LogP) is 5.12. The first-order valence-electron chi connectivity index (χ1n) is 10.3. The molecule has 4 rings (SSSR count). The zero-order valence-electron chi connectivity index (χ0n) is 18.1. The fourth-order valence-corrected chi connectivity index (χ4v) is 4.43. The molecule has 4 aromatic rings. The molecule has 0 bridgehead atoms. The maximum absolute atomic E-state index is 13.1. The molecule has 0 aromatic heterocycles. The van der Waals surface area contributed by atoms with Crippen LogP contribution >= 0.6 is 0 Å². The molecule has 0 aliphatic heterocycles. The minimum Gasteiger partial charge on any atom is -0.506 e. The van der Waals surface area contributed by atoms with E-state index in [1.807, 2.05) is 30.3 Å². The lowest BCUT2D eigenvalue weighted by Gasteiger charge is -2.13. The quantitative estimate of drug-likeness (QED) is 0.258. The van der Waals surface area contributed by atoms with E-state index in [1.54, 1.807) is 12.1 Å². The molecule has 0 saturated carbocycles. The number of sulfonamides is 1. The Morgan fingerprint density at radius 3 is 2.31 bits per heavy atom. The Balaban J connectivity index is 1.56. The highest BCUT2D eigenvalue weighted by atomic mass is 32.2. The van der Waals surface area contributed by atoms with Crippen LogP contribution in [0.4, 0.5) is 15.8 Å². The normalized spacial score (nSPS) is 10.9. The topological polar surface area (TPSA) is 119 Å². The third-order valence-electron chi connectivity index (χ3n) is 5.11. The molecule has 174 valence electrons. The smallest absolute Gasteiger partial charge is 0.262 e. The van der Waals surface area contributed by atoms with Gasteiger partial charge in [0.1, 0.15) is 11.6 Å².